The summed E-state index contributed by atoms with van der Waals surface area (Å²) in [6.45, 7) is 3.31. The molecule has 0 amide bonds. The van der Waals surface area contributed by atoms with Crippen LogP contribution in [0.2, 0.25) is 10.0 Å². The largest absolute Gasteiger partial charge is 0.380 e. The van der Waals surface area contributed by atoms with Crippen LogP contribution in [-0.4, -0.2) is 18.6 Å². The van der Waals surface area contributed by atoms with Crippen molar-refractivity contribution < 1.29 is 0 Å². The molecule has 0 spiro atoms. The van der Waals surface area contributed by atoms with Crippen molar-refractivity contribution in [1.29, 1.82) is 0 Å². The third-order valence-corrected chi connectivity index (χ3v) is 3.78. The maximum Gasteiger partial charge on any atom is 0.0720 e. The Morgan fingerprint density at radius 3 is 2.71 bits per heavy atom. The van der Waals surface area contributed by atoms with E-state index in [2.05, 4.69) is 17.6 Å². The summed E-state index contributed by atoms with van der Waals surface area (Å²) in [5.41, 5.74) is 0.848. The molecular formula is C13H18Cl2N2. The summed E-state index contributed by atoms with van der Waals surface area (Å²) in [4.78, 5) is 0. The SMILES string of the molecule is CC(CC1CCCN1)Nc1c(Cl)cccc1Cl. The zero-order valence-corrected chi connectivity index (χ0v) is 11.5. The molecule has 1 fully saturated rings. The molecule has 2 atom stereocenters. The average Bonchev–Trinajstić information content (AvgIpc) is 2.76. The summed E-state index contributed by atoms with van der Waals surface area (Å²) in [5, 5.41) is 8.27. The van der Waals surface area contributed by atoms with E-state index < -0.39 is 0 Å². The topological polar surface area (TPSA) is 24.1 Å². The lowest BCUT2D eigenvalue weighted by atomic mass is 10.1. The number of benzene rings is 1. The highest BCUT2D eigenvalue weighted by atomic mass is 35.5. The van der Waals surface area contributed by atoms with Crippen molar-refractivity contribution in [2.75, 3.05) is 11.9 Å². The monoisotopic (exact) mass is 272 g/mol. The van der Waals surface area contributed by atoms with E-state index >= 15 is 0 Å². The van der Waals surface area contributed by atoms with E-state index in [9.17, 15) is 0 Å². The molecule has 1 aromatic rings. The predicted octanol–water partition coefficient (Wildman–Crippen LogP) is 3.94. The van der Waals surface area contributed by atoms with Gasteiger partial charge in [-0.05, 0) is 44.9 Å². The van der Waals surface area contributed by atoms with Crippen LogP contribution in [-0.2, 0) is 0 Å². The van der Waals surface area contributed by atoms with Gasteiger partial charge in [-0.3, -0.25) is 0 Å². The van der Waals surface area contributed by atoms with Gasteiger partial charge >= 0.3 is 0 Å². The van der Waals surface area contributed by atoms with Crippen molar-refractivity contribution in [3.8, 4) is 0 Å². The highest BCUT2D eigenvalue weighted by Gasteiger charge is 2.17. The molecule has 0 radical (unpaired) electrons. The average molecular weight is 273 g/mol. The molecule has 2 nitrogen and oxygen atoms in total. The van der Waals surface area contributed by atoms with Crippen LogP contribution >= 0.6 is 23.2 Å². The molecule has 2 N–H and O–H groups in total. The molecule has 1 aromatic carbocycles. The number of rotatable bonds is 4. The maximum atomic E-state index is 6.13. The summed E-state index contributed by atoms with van der Waals surface area (Å²) in [6, 6.07) is 6.56. The molecule has 0 aromatic heterocycles. The van der Waals surface area contributed by atoms with Gasteiger partial charge in [0.1, 0.15) is 0 Å². The van der Waals surface area contributed by atoms with Crippen LogP contribution in [0.3, 0.4) is 0 Å². The van der Waals surface area contributed by atoms with Crippen molar-refractivity contribution in [2.45, 2.75) is 38.3 Å². The molecule has 94 valence electrons. The van der Waals surface area contributed by atoms with Crippen molar-refractivity contribution in [1.82, 2.24) is 5.32 Å². The molecule has 0 bridgehead atoms. The Kier molecular flexibility index (Phi) is 4.55. The first-order chi connectivity index (χ1) is 8.16. The van der Waals surface area contributed by atoms with Gasteiger partial charge in [-0.15, -0.1) is 0 Å². The van der Waals surface area contributed by atoms with Gasteiger partial charge in [-0.1, -0.05) is 29.3 Å². The predicted molar refractivity (Wildman–Crippen MR) is 75.2 cm³/mol. The zero-order valence-electron chi connectivity index (χ0n) is 9.97. The molecule has 17 heavy (non-hydrogen) atoms. The van der Waals surface area contributed by atoms with E-state index in [1.165, 1.54) is 12.8 Å². The fraction of sp³-hybridized carbons (Fsp3) is 0.538. The molecular weight excluding hydrogens is 255 g/mol. The standard InChI is InChI=1S/C13H18Cl2N2/c1-9(8-10-4-3-7-16-10)17-13-11(14)5-2-6-12(13)15/h2,5-6,9-10,16-17H,3-4,7-8H2,1H3. The van der Waals surface area contributed by atoms with Gasteiger partial charge in [-0.25, -0.2) is 0 Å². The Morgan fingerprint density at radius 2 is 2.12 bits per heavy atom. The van der Waals surface area contributed by atoms with E-state index in [-0.39, 0.29) is 0 Å². The zero-order chi connectivity index (χ0) is 12.3. The second kappa shape index (κ2) is 5.94. The van der Waals surface area contributed by atoms with Crippen molar-refractivity contribution in [3.63, 3.8) is 0 Å². The number of hydrogen-bond acceptors (Lipinski definition) is 2. The number of nitrogens with one attached hydrogen (secondary N) is 2. The van der Waals surface area contributed by atoms with Crippen molar-refractivity contribution >= 4 is 28.9 Å². The smallest absolute Gasteiger partial charge is 0.0720 e. The minimum absolute atomic E-state index is 0.364. The molecule has 1 saturated heterocycles. The third kappa shape index (κ3) is 3.51. The Morgan fingerprint density at radius 1 is 1.41 bits per heavy atom. The normalized spacial score (nSPS) is 21.5. The molecule has 0 aliphatic carbocycles. The first-order valence-electron chi connectivity index (χ1n) is 6.10. The van der Waals surface area contributed by atoms with Gasteiger partial charge in [0, 0.05) is 12.1 Å². The Bertz CT molecular complexity index is 355. The van der Waals surface area contributed by atoms with Crippen LogP contribution in [0.1, 0.15) is 26.2 Å². The highest BCUT2D eigenvalue weighted by molar-refractivity contribution is 6.39. The van der Waals surface area contributed by atoms with Gasteiger partial charge in [0.05, 0.1) is 15.7 Å². The van der Waals surface area contributed by atoms with E-state index in [1.54, 1.807) is 0 Å². The minimum atomic E-state index is 0.364. The molecule has 1 aliphatic rings. The van der Waals surface area contributed by atoms with Crippen LogP contribution in [0.15, 0.2) is 18.2 Å². The van der Waals surface area contributed by atoms with Crippen molar-refractivity contribution in [3.05, 3.63) is 28.2 Å². The molecule has 4 heteroatoms. The fourth-order valence-electron chi connectivity index (χ4n) is 2.33. The van der Waals surface area contributed by atoms with Crippen molar-refractivity contribution in [2.24, 2.45) is 0 Å². The Labute approximate surface area is 113 Å². The number of anilines is 1. The summed E-state index contributed by atoms with van der Waals surface area (Å²) < 4.78 is 0. The molecule has 2 rings (SSSR count). The van der Waals surface area contributed by atoms with Gasteiger partial charge in [0.25, 0.3) is 0 Å². The Hall–Kier alpha value is -0.440. The molecule has 1 aliphatic heterocycles. The minimum Gasteiger partial charge on any atom is -0.380 e. The number of para-hydroxylation sites is 1. The van der Waals surface area contributed by atoms with Crippen LogP contribution in [0.4, 0.5) is 5.69 Å². The molecule has 0 saturated carbocycles. The van der Waals surface area contributed by atoms with E-state index in [0.29, 0.717) is 22.1 Å². The van der Waals surface area contributed by atoms with Gasteiger partial charge in [0.2, 0.25) is 0 Å². The lowest BCUT2D eigenvalue weighted by Gasteiger charge is -2.20. The first kappa shape index (κ1) is 13.0. The van der Waals surface area contributed by atoms with Crippen LogP contribution in [0.25, 0.3) is 0 Å². The van der Waals surface area contributed by atoms with Gasteiger partial charge in [-0.2, -0.15) is 0 Å². The lowest BCUT2D eigenvalue weighted by molar-refractivity contribution is 0.523. The number of halogens is 2. The van der Waals surface area contributed by atoms with Crippen LogP contribution < -0.4 is 10.6 Å². The van der Waals surface area contributed by atoms with E-state index in [1.807, 2.05) is 18.2 Å². The first-order valence-corrected chi connectivity index (χ1v) is 6.86. The number of hydrogen-bond donors (Lipinski definition) is 2. The second-order valence-electron chi connectivity index (χ2n) is 4.67. The summed E-state index contributed by atoms with van der Waals surface area (Å²) in [5.74, 6) is 0. The summed E-state index contributed by atoms with van der Waals surface area (Å²) >= 11 is 12.3. The van der Waals surface area contributed by atoms with E-state index in [0.717, 1.165) is 18.7 Å². The molecule has 2 unspecified atom stereocenters. The fourth-order valence-corrected chi connectivity index (χ4v) is 2.83. The summed E-state index contributed by atoms with van der Waals surface area (Å²) in [7, 11) is 0. The van der Waals surface area contributed by atoms with Crippen LogP contribution in [0, 0.1) is 0 Å². The maximum absolute atomic E-state index is 6.13. The van der Waals surface area contributed by atoms with Crippen LogP contribution in [0.5, 0.6) is 0 Å². The van der Waals surface area contributed by atoms with E-state index in [4.69, 9.17) is 23.2 Å². The quantitative estimate of drug-likeness (QED) is 0.868. The van der Waals surface area contributed by atoms with Gasteiger partial charge < -0.3 is 10.6 Å². The Balaban J connectivity index is 1.95. The van der Waals surface area contributed by atoms with Gasteiger partial charge in [0.15, 0.2) is 0 Å². The third-order valence-electron chi connectivity index (χ3n) is 3.15. The highest BCUT2D eigenvalue weighted by Crippen LogP contribution is 2.30. The summed E-state index contributed by atoms with van der Waals surface area (Å²) in [6.07, 6.45) is 3.65. The second-order valence-corrected chi connectivity index (χ2v) is 5.49. The lowest BCUT2D eigenvalue weighted by Crippen LogP contribution is -2.29. The molecule has 1 heterocycles.